The molecule has 2 heterocycles. The number of anilines is 1. The van der Waals surface area contributed by atoms with E-state index in [1.54, 1.807) is 6.07 Å². The number of nitrogens with zero attached hydrogens (tertiary/aromatic N) is 2. The van der Waals surface area contributed by atoms with Gasteiger partial charge in [0.1, 0.15) is 11.6 Å². The predicted octanol–water partition coefficient (Wildman–Crippen LogP) is 0.986. The molecule has 0 amide bonds. The van der Waals surface area contributed by atoms with Crippen molar-refractivity contribution in [2.75, 3.05) is 30.8 Å². The van der Waals surface area contributed by atoms with Crippen molar-refractivity contribution in [3.63, 3.8) is 0 Å². The Hall–Kier alpha value is -1.21. The van der Waals surface area contributed by atoms with Crippen molar-refractivity contribution in [3.05, 3.63) is 24.1 Å². The molecule has 1 aliphatic heterocycles. The molecule has 19 heavy (non-hydrogen) atoms. The Kier molecular flexibility index (Phi) is 4.36. The lowest BCUT2D eigenvalue weighted by Crippen LogP contribution is -2.41. The number of sulfonamides is 1. The summed E-state index contributed by atoms with van der Waals surface area (Å²) in [6.07, 6.45) is 4.33. The number of hydrogen-bond donors (Lipinski definition) is 1. The predicted molar refractivity (Wildman–Crippen MR) is 72.0 cm³/mol. The largest absolute Gasteiger partial charge is 0.356 e. The van der Waals surface area contributed by atoms with Crippen molar-refractivity contribution in [2.24, 2.45) is 5.92 Å². The third-order valence-corrected chi connectivity index (χ3v) is 3.88. The van der Waals surface area contributed by atoms with Gasteiger partial charge in [0.2, 0.25) is 10.0 Å². The van der Waals surface area contributed by atoms with Gasteiger partial charge in [0.25, 0.3) is 0 Å². The van der Waals surface area contributed by atoms with Gasteiger partial charge in [0.05, 0.1) is 12.5 Å². The van der Waals surface area contributed by atoms with Gasteiger partial charge >= 0.3 is 0 Å². The van der Waals surface area contributed by atoms with Gasteiger partial charge in [-0.05, 0) is 30.9 Å². The van der Waals surface area contributed by atoms with E-state index in [2.05, 4.69) is 14.6 Å². The van der Waals surface area contributed by atoms with Crippen LogP contribution in [0.5, 0.6) is 0 Å². The Balaban J connectivity index is 1.95. The van der Waals surface area contributed by atoms with Crippen LogP contribution in [0.15, 0.2) is 18.3 Å². The highest BCUT2D eigenvalue weighted by Crippen LogP contribution is 2.21. The SMILES string of the molecule is CS(=O)(=O)NC[C@H]1CCCN(c2ccc(F)cn2)C1. The van der Waals surface area contributed by atoms with Crippen LogP contribution in [0.1, 0.15) is 12.8 Å². The van der Waals surface area contributed by atoms with E-state index in [0.29, 0.717) is 6.54 Å². The van der Waals surface area contributed by atoms with Crippen LogP contribution in [-0.2, 0) is 10.0 Å². The normalized spacial score (nSPS) is 20.5. The number of pyridine rings is 1. The van der Waals surface area contributed by atoms with Crippen molar-refractivity contribution < 1.29 is 12.8 Å². The van der Waals surface area contributed by atoms with E-state index in [-0.39, 0.29) is 11.7 Å². The van der Waals surface area contributed by atoms with Crippen LogP contribution >= 0.6 is 0 Å². The second-order valence-corrected chi connectivity index (χ2v) is 6.74. The fourth-order valence-corrected chi connectivity index (χ4v) is 2.80. The van der Waals surface area contributed by atoms with Crippen molar-refractivity contribution >= 4 is 15.8 Å². The quantitative estimate of drug-likeness (QED) is 0.897. The highest BCUT2D eigenvalue weighted by atomic mass is 32.2. The first-order chi connectivity index (χ1) is 8.94. The van der Waals surface area contributed by atoms with E-state index in [1.165, 1.54) is 12.3 Å². The summed E-state index contributed by atoms with van der Waals surface area (Å²) in [7, 11) is -3.14. The summed E-state index contributed by atoms with van der Waals surface area (Å²) in [6, 6.07) is 3.04. The van der Waals surface area contributed by atoms with E-state index < -0.39 is 10.0 Å². The average molecular weight is 287 g/mol. The minimum Gasteiger partial charge on any atom is -0.356 e. The van der Waals surface area contributed by atoms with Crippen LogP contribution in [0.25, 0.3) is 0 Å². The van der Waals surface area contributed by atoms with Crippen LogP contribution in [0.3, 0.4) is 0 Å². The molecular formula is C12H18FN3O2S. The van der Waals surface area contributed by atoms with Crippen LogP contribution in [0, 0.1) is 11.7 Å². The maximum absolute atomic E-state index is 12.8. The third-order valence-electron chi connectivity index (χ3n) is 3.19. The molecule has 5 nitrogen and oxygen atoms in total. The number of hydrogen-bond acceptors (Lipinski definition) is 4. The number of piperidine rings is 1. The summed E-state index contributed by atoms with van der Waals surface area (Å²) in [5.41, 5.74) is 0. The van der Waals surface area contributed by atoms with E-state index >= 15 is 0 Å². The molecule has 1 aromatic heterocycles. The maximum Gasteiger partial charge on any atom is 0.208 e. The Morgan fingerprint density at radius 2 is 2.32 bits per heavy atom. The Labute approximate surface area is 112 Å². The summed E-state index contributed by atoms with van der Waals surface area (Å²) in [4.78, 5) is 6.12. The third kappa shape index (κ3) is 4.43. The first kappa shape index (κ1) is 14.2. The fourth-order valence-electron chi connectivity index (χ4n) is 2.26. The van der Waals surface area contributed by atoms with E-state index in [1.807, 2.05) is 0 Å². The lowest BCUT2D eigenvalue weighted by molar-refractivity contribution is 0.409. The van der Waals surface area contributed by atoms with Crippen molar-refractivity contribution in [1.29, 1.82) is 0 Å². The molecule has 0 radical (unpaired) electrons. The van der Waals surface area contributed by atoms with Crippen LogP contribution in [0.4, 0.5) is 10.2 Å². The van der Waals surface area contributed by atoms with E-state index in [0.717, 1.165) is 38.0 Å². The summed E-state index contributed by atoms with van der Waals surface area (Å²) in [6.45, 7) is 2.05. The molecule has 0 saturated carbocycles. The molecule has 1 saturated heterocycles. The molecule has 0 aromatic carbocycles. The first-order valence-corrected chi connectivity index (χ1v) is 8.14. The molecule has 0 aliphatic carbocycles. The van der Waals surface area contributed by atoms with Gasteiger partial charge in [0, 0.05) is 19.6 Å². The molecule has 1 N–H and O–H groups in total. The van der Waals surface area contributed by atoms with Gasteiger partial charge in [-0.3, -0.25) is 0 Å². The first-order valence-electron chi connectivity index (χ1n) is 6.25. The summed E-state index contributed by atoms with van der Waals surface area (Å²) >= 11 is 0. The van der Waals surface area contributed by atoms with Crippen LogP contribution in [-0.4, -0.2) is 39.3 Å². The zero-order valence-electron chi connectivity index (χ0n) is 10.8. The monoisotopic (exact) mass is 287 g/mol. The van der Waals surface area contributed by atoms with Gasteiger partial charge in [-0.2, -0.15) is 0 Å². The molecule has 0 spiro atoms. The molecule has 2 rings (SSSR count). The maximum atomic E-state index is 12.8. The Morgan fingerprint density at radius 1 is 1.53 bits per heavy atom. The van der Waals surface area contributed by atoms with Crippen molar-refractivity contribution in [1.82, 2.24) is 9.71 Å². The lowest BCUT2D eigenvalue weighted by atomic mass is 9.98. The highest BCUT2D eigenvalue weighted by molar-refractivity contribution is 7.88. The summed E-state index contributed by atoms with van der Waals surface area (Å²) < 4.78 is 37.5. The minimum absolute atomic E-state index is 0.260. The minimum atomic E-state index is -3.14. The molecule has 106 valence electrons. The van der Waals surface area contributed by atoms with Crippen LogP contribution < -0.4 is 9.62 Å². The van der Waals surface area contributed by atoms with E-state index in [4.69, 9.17) is 0 Å². The van der Waals surface area contributed by atoms with Gasteiger partial charge in [0.15, 0.2) is 0 Å². The number of nitrogens with one attached hydrogen (secondary N) is 1. The zero-order chi connectivity index (χ0) is 13.9. The second-order valence-electron chi connectivity index (χ2n) is 4.91. The van der Waals surface area contributed by atoms with Crippen LogP contribution in [0.2, 0.25) is 0 Å². The van der Waals surface area contributed by atoms with Gasteiger partial charge in [-0.25, -0.2) is 22.5 Å². The number of halogens is 1. The van der Waals surface area contributed by atoms with E-state index in [9.17, 15) is 12.8 Å². The number of rotatable bonds is 4. The Morgan fingerprint density at radius 3 is 2.95 bits per heavy atom. The smallest absolute Gasteiger partial charge is 0.208 e. The molecule has 0 unspecified atom stereocenters. The summed E-state index contributed by atoms with van der Waals surface area (Å²) in [5, 5.41) is 0. The average Bonchev–Trinajstić information content (AvgIpc) is 2.37. The molecular weight excluding hydrogens is 269 g/mol. The molecule has 0 bridgehead atoms. The molecule has 7 heteroatoms. The van der Waals surface area contributed by atoms with Crippen molar-refractivity contribution in [3.8, 4) is 0 Å². The molecule has 1 fully saturated rings. The molecule has 1 aliphatic rings. The fraction of sp³-hybridized carbons (Fsp3) is 0.583. The van der Waals surface area contributed by atoms with Gasteiger partial charge < -0.3 is 4.90 Å². The van der Waals surface area contributed by atoms with Gasteiger partial charge in [-0.1, -0.05) is 0 Å². The standard InChI is InChI=1S/C12H18FN3O2S/c1-19(17,18)15-7-10-3-2-6-16(9-10)12-5-4-11(13)8-14-12/h4-5,8,10,15H,2-3,6-7,9H2,1H3/t10-/m1/s1. The topological polar surface area (TPSA) is 62.3 Å². The van der Waals surface area contributed by atoms with Crippen molar-refractivity contribution in [2.45, 2.75) is 12.8 Å². The zero-order valence-corrected chi connectivity index (χ0v) is 11.7. The lowest BCUT2D eigenvalue weighted by Gasteiger charge is -2.33. The summed E-state index contributed by atoms with van der Waals surface area (Å²) in [5.74, 6) is 0.650. The Bertz CT molecular complexity index is 518. The number of aromatic nitrogens is 1. The molecule has 1 atom stereocenters. The van der Waals surface area contributed by atoms with Gasteiger partial charge in [-0.15, -0.1) is 0 Å². The molecule has 1 aromatic rings. The highest BCUT2D eigenvalue weighted by Gasteiger charge is 2.21. The second kappa shape index (κ2) is 5.83.